The van der Waals surface area contributed by atoms with Crippen LogP contribution in [0.2, 0.25) is 0 Å². The van der Waals surface area contributed by atoms with Crippen molar-refractivity contribution in [3.8, 4) is 0 Å². The van der Waals surface area contributed by atoms with Crippen LogP contribution in [0.5, 0.6) is 0 Å². The van der Waals surface area contributed by atoms with Crippen molar-refractivity contribution in [3.63, 3.8) is 0 Å². The van der Waals surface area contributed by atoms with Gasteiger partial charge in [0.15, 0.2) is 17.4 Å². The summed E-state index contributed by atoms with van der Waals surface area (Å²) < 4.78 is 46.7. The number of aromatic nitrogens is 2. The van der Waals surface area contributed by atoms with Gasteiger partial charge >= 0.3 is 16.1 Å². The molecule has 0 aliphatic rings. The van der Waals surface area contributed by atoms with Crippen molar-refractivity contribution in [2.24, 2.45) is 0 Å². The molecule has 0 saturated carbocycles. The highest BCUT2D eigenvalue weighted by Gasteiger charge is 2.22. The zero-order valence-corrected chi connectivity index (χ0v) is 12.4. The number of ketones is 1. The van der Waals surface area contributed by atoms with Gasteiger partial charge in [0.2, 0.25) is 0 Å². The molecule has 11 heteroatoms. The number of carbonyl (C=O) groups is 1. The van der Waals surface area contributed by atoms with E-state index in [4.69, 9.17) is 13.7 Å². The predicted octanol–water partition coefficient (Wildman–Crippen LogP) is 0.308. The molecule has 120 valence electrons. The molecular formula is C11H12N2O8S. The number of hydrogen-bond acceptors (Lipinski definition) is 8. The highest BCUT2D eigenvalue weighted by Crippen LogP contribution is 2.13. The fraction of sp³-hybridized carbons (Fsp3) is 0.364. The molecule has 0 atom stereocenters. The minimum Gasteiger partial charge on any atom is -0.396 e. The van der Waals surface area contributed by atoms with Crippen LogP contribution in [0, 0.1) is 6.92 Å². The molecule has 0 aliphatic carbocycles. The monoisotopic (exact) mass is 332 g/mol. The predicted molar refractivity (Wildman–Crippen MR) is 69.7 cm³/mol. The van der Waals surface area contributed by atoms with Gasteiger partial charge in [0.25, 0.3) is 0 Å². The van der Waals surface area contributed by atoms with E-state index in [1.54, 1.807) is 0 Å². The van der Waals surface area contributed by atoms with E-state index >= 15 is 0 Å². The molecule has 0 aliphatic heterocycles. The summed E-state index contributed by atoms with van der Waals surface area (Å²) >= 11 is 0. The van der Waals surface area contributed by atoms with Crippen LogP contribution in [-0.2, 0) is 28.3 Å². The minimum atomic E-state index is -4.70. The number of imidazole rings is 1. The number of carbonyl (C=O) groups excluding carboxylic acids is 1. The topological polar surface area (TPSA) is 142 Å². The molecule has 0 saturated heterocycles. The van der Waals surface area contributed by atoms with Crippen molar-refractivity contribution in [2.75, 3.05) is 0 Å². The van der Waals surface area contributed by atoms with Crippen molar-refractivity contribution in [2.45, 2.75) is 27.1 Å². The zero-order valence-electron chi connectivity index (χ0n) is 11.6. The molecule has 0 spiro atoms. The van der Waals surface area contributed by atoms with Gasteiger partial charge in [-0.3, -0.25) is 9.35 Å². The van der Waals surface area contributed by atoms with Crippen LogP contribution in [0.3, 0.4) is 0 Å². The molecule has 0 aromatic carbocycles. The standard InChI is InChI=1S/C11H12N2O8S/c1-6(14)10-12-3-8(13(10)22(16,17)18)4-19-5-9-7(2)20-11(15)21-9/h3H,4-5H2,1-2H3,(H,16,17,18). The molecule has 0 bridgehead atoms. The van der Waals surface area contributed by atoms with Crippen LogP contribution in [0.1, 0.15) is 34.8 Å². The summed E-state index contributed by atoms with van der Waals surface area (Å²) in [6.45, 7) is 2.15. The zero-order chi connectivity index (χ0) is 16.5. The van der Waals surface area contributed by atoms with Gasteiger partial charge in [-0.15, -0.1) is 0 Å². The van der Waals surface area contributed by atoms with Gasteiger partial charge in [0.05, 0.1) is 18.5 Å². The molecule has 0 amide bonds. The van der Waals surface area contributed by atoms with E-state index in [0.29, 0.717) is 3.97 Å². The summed E-state index contributed by atoms with van der Waals surface area (Å²) in [6.07, 6.45) is 1.09. The summed E-state index contributed by atoms with van der Waals surface area (Å²) in [5.74, 6) is -1.57. The fourth-order valence-corrected chi connectivity index (χ4v) is 2.51. The second-order valence-corrected chi connectivity index (χ2v) is 5.56. The number of Topliss-reactive ketones (excluding diaryl/α,β-unsaturated/α-hetero) is 1. The Bertz CT molecular complexity index is 857. The third-order valence-electron chi connectivity index (χ3n) is 2.65. The lowest BCUT2D eigenvalue weighted by atomic mass is 10.4. The Labute approximate surface area is 124 Å². The first-order valence-corrected chi connectivity index (χ1v) is 7.32. The number of aryl methyl sites for hydroxylation is 1. The first-order valence-electron chi connectivity index (χ1n) is 5.93. The van der Waals surface area contributed by atoms with Crippen LogP contribution in [0.25, 0.3) is 0 Å². The Balaban J connectivity index is 2.18. The van der Waals surface area contributed by atoms with Crippen LogP contribution in [0.15, 0.2) is 19.8 Å². The van der Waals surface area contributed by atoms with Gasteiger partial charge in [-0.05, 0) is 6.92 Å². The van der Waals surface area contributed by atoms with Crippen molar-refractivity contribution >= 4 is 16.1 Å². The molecule has 22 heavy (non-hydrogen) atoms. The summed E-state index contributed by atoms with van der Waals surface area (Å²) in [6, 6.07) is 0. The fourth-order valence-electron chi connectivity index (χ4n) is 1.72. The van der Waals surface area contributed by atoms with Gasteiger partial charge in [-0.1, -0.05) is 0 Å². The van der Waals surface area contributed by atoms with Gasteiger partial charge in [0.1, 0.15) is 12.4 Å². The highest BCUT2D eigenvalue weighted by atomic mass is 32.2. The maximum Gasteiger partial charge on any atom is 0.519 e. The van der Waals surface area contributed by atoms with Crippen LogP contribution in [-0.4, -0.2) is 27.7 Å². The average molecular weight is 332 g/mol. The Kier molecular flexibility index (Phi) is 4.30. The molecule has 10 nitrogen and oxygen atoms in total. The number of ether oxygens (including phenoxy) is 1. The lowest BCUT2D eigenvalue weighted by molar-refractivity contribution is 0.0882. The van der Waals surface area contributed by atoms with Crippen molar-refractivity contribution in [1.82, 2.24) is 8.96 Å². The van der Waals surface area contributed by atoms with Gasteiger partial charge < -0.3 is 13.6 Å². The Morgan fingerprint density at radius 1 is 1.41 bits per heavy atom. The second kappa shape index (κ2) is 5.87. The lowest BCUT2D eigenvalue weighted by Crippen LogP contribution is -2.19. The summed E-state index contributed by atoms with van der Waals surface area (Å²) in [7, 11) is -4.70. The van der Waals surface area contributed by atoms with E-state index in [-0.39, 0.29) is 30.4 Å². The second-order valence-electron chi connectivity index (χ2n) is 4.30. The Hall–Kier alpha value is -2.24. The van der Waals surface area contributed by atoms with E-state index in [2.05, 4.69) is 9.40 Å². The van der Waals surface area contributed by atoms with Gasteiger partial charge in [-0.2, -0.15) is 12.4 Å². The largest absolute Gasteiger partial charge is 0.519 e. The van der Waals surface area contributed by atoms with Crippen molar-refractivity contribution < 1.29 is 31.3 Å². The highest BCUT2D eigenvalue weighted by molar-refractivity contribution is 7.84. The van der Waals surface area contributed by atoms with E-state index < -0.39 is 27.7 Å². The summed E-state index contributed by atoms with van der Waals surface area (Å²) in [5, 5.41) is 0. The molecule has 0 radical (unpaired) electrons. The Morgan fingerprint density at radius 3 is 2.59 bits per heavy atom. The van der Waals surface area contributed by atoms with Crippen LogP contribution < -0.4 is 5.82 Å². The first kappa shape index (κ1) is 16.1. The molecular weight excluding hydrogens is 320 g/mol. The molecule has 2 rings (SSSR count). The van der Waals surface area contributed by atoms with Gasteiger partial charge in [-0.25, -0.2) is 9.78 Å². The number of nitrogens with zero attached hydrogens (tertiary/aromatic N) is 2. The number of rotatable bonds is 6. The molecule has 2 aromatic heterocycles. The molecule has 0 fully saturated rings. The van der Waals surface area contributed by atoms with Crippen molar-refractivity contribution in [3.05, 3.63) is 39.9 Å². The first-order chi connectivity index (χ1) is 10.2. The maximum atomic E-state index is 11.3. The van der Waals surface area contributed by atoms with Crippen LogP contribution >= 0.6 is 0 Å². The third-order valence-corrected chi connectivity index (χ3v) is 3.52. The molecule has 0 unspecified atom stereocenters. The van der Waals surface area contributed by atoms with Gasteiger partial charge in [0, 0.05) is 6.92 Å². The van der Waals surface area contributed by atoms with E-state index in [0.717, 1.165) is 13.1 Å². The molecule has 1 N–H and O–H groups in total. The lowest BCUT2D eigenvalue weighted by Gasteiger charge is -2.07. The number of hydrogen-bond donors (Lipinski definition) is 1. The normalized spacial score (nSPS) is 11.8. The minimum absolute atomic E-state index is 0.0591. The summed E-state index contributed by atoms with van der Waals surface area (Å²) in [4.78, 5) is 25.8. The summed E-state index contributed by atoms with van der Waals surface area (Å²) in [5.41, 5.74) is -0.0591. The average Bonchev–Trinajstić information content (AvgIpc) is 2.93. The third kappa shape index (κ3) is 3.32. The Morgan fingerprint density at radius 2 is 2.09 bits per heavy atom. The van der Waals surface area contributed by atoms with E-state index in [9.17, 15) is 18.0 Å². The van der Waals surface area contributed by atoms with E-state index in [1.165, 1.54) is 6.92 Å². The van der Waals surface area contributed by atoms with Crippen LogP contribution in [0.4, 0.5) is 0 Å². The maximum absolute atomic E-state index is 11.3. The van der Waals surface area contributed by atoms with Crippen molar-refractivity contribution in [1.29, 1.82) is 0 Å². The molecule has 2 heterocycles. The van der Waals surface area contributed by atoms with E-state index in [1.807, 2.05) is 0 Å². The molecule has 2 aromatic rings. The SMILES string of the molecule is CC(=O)c1ncc(COCc2oc(=O)oc2C)n1S(=O)(=O)O. The quantitative estimate of drug-likeness (QED) is 0.584. The smallest absolute Gasteiger partial charge is 0.396 e.